The van der Waals surface area contributed by atoms with Crippen molar-refractivity contribution in [2.24, 2.45) is 0 Å². The number of nitrogens with one attached hydrogen (secondary N) is 2. The standard InChI is InChI=1S/C28H37ClN6O/c1-34(2)16-9-15-30-27-22-10-4-5-11-24(22)32-28(33-27)23-14-13-21(29)20-25(23)31-26(36)12-8-19-35-17-6-3-7-18-35/h4-5,10-11,13-14,20H,3,6-9,12,15-19H2,1-2H3,(H,31,36)(H,30,32,33). The van der Waals surface area contributed by atoms with Crippen molar-refractivity contribution in [2.45, 2.75) is 38.5 Å². The number of amides is 1. The third-order valence-electron chi connectivity index (χ3n) is 6.50. The van der Waals surface area contributed by atoms with Crippen LogP contribution in [0.1, 0.15) is 38.5 Å². The van der Waals surface area contributed by atoms with Gasteiger partial charge in [-0.15, -0.1) is 0 Å². The molecule has 0 aliphatic carbocycles. The van der Waals surface area contributed by atoms with Gasteiger partial charge in [0.15, 0.2) is 5.82 Å². The zero-order valence-corrected chi connectivity index (χ0v) is 22.2. The largest absolute Gasteiger partial charge is 0.369 e. The molecule has 0 bridgehead atoms. The molecule has 0 spiro atoms. The van der Waals surface area contributed by atoms with Crippen LogP contribution in [-0.4, -0.2) is 72.5 Å². The van der Waals surface area contributed by atoms with Crippen LogP contribution in [0, 0.1) is 0 Å². The molecular formula is C28H37ClN6O. The average Bonchev–Trinajstić information content (AvgIpc) is 2.87. The second-order valence-corrected chi connectivity index (χ2v) is 10.2. The molecule has 1 amide bonds. The zero-order chi connectivity index (χ0) is 25.3. The number of anilines is 2. The van der Waals surface area contributed by atoms with Gasteiger partial charge >= 0.3 is 0 Å². The van der Waals surface area contributed by atoms with E-state index in [0.717, 1.165) is 67.8 Å². The van der Waals surface area contributed by atoms with Crippen LogP contribution >= 0.6 is 11.6 Å². The fourth-order valence-corrected chi connectivity index (χ4v) is 4.78. The summed E-state index contributed by atoms with van der Waals surface area (Å²) in [4.78, 5) is 27.1. The van der Waals surface area contributed by atoms with Gasteiger partial charge in [0, 0.05) is 28.9 Å². The molecule has 1 aromatic heterocycles. The topological polar surface area (TPSA) is 73.4 Å². The van der Waals surface area contributed by atoms with E-state index in [2.05, 4.69) is 34.5 Å². The van der Waals surface area contributed by atoms with Gasteiger partial charge in [0.1, 0.15) is 5.82 Å². The minimum absolute atomic E-state index is 0.0154. The van der Waals surface area contributed by atoms with E-state index in [0.29, 0.717) is 23.0 Å². The molecule has 0 radical (unpaired) electrons. The molecule has 2 N–H and O–H groups in total. The predicted octanol–water partition coefficient (Wildman–Crippen LogP) is 5.52. The van der Waals surface area contributed by atoms with E-state index >= 15 is 0 Å². The van der Waals surface area contributed by atoms with Gasteiger partial charge in [-0.3, -0.25) is 4.79 Å². The maximum Gasteiger partial charge on any atom is 0.224 e. The highest BCUT2D eigenvalue weighted by Crippen LogP contribution is 2.32. The summed E-state index contributed by atoms with van der Waals surface area (Å²) in [6.07, 6.45) is 6.15. The maximum absolute atomic E-state index is 12.8. The smallest absolute Gasteiger partial charge is 0.224 e. The van der Waals surface area contributed by atoms with Crippen molar-refractivity contribution in [1.82, 2.24) is 19.8 Å². The Bertz CT molecular complexity index is 1160. The third kappa shape index (κ3) is 7.38. The van der Waals surface area contributed by atoms with Crippen LogP contribution in [0.25, 0.3) is 22.3 Å². The number of rotatable bonds is 11. The molecule has 4 rings (SSSR count). The summed E-state index contributed by atoms with van der Waals surface area (Å²) >= 11 is 6.31. The molecule has 2 aromatic carbocycles. The lowest BCUT2D eigenvalue weighted by atomic mass is 10.1. The molecule has 0 unspecified atom stereocenters. The van der Waals surface area contributed by atoms with Crippen LogP contribution in [-0.2, 0) is 4.79 Å². The number of likely N-dealkylation sites (tertiary alicyclic amines) is 1. The van der Waals surface area contributed by atoms with Crippen LogP contribution in [0.3, 0.4) is 0 Å². The quantitative estimate of drug-likeness (QED) is 0.332. The van der Waals surface area contributed by atoms with Crippen molar-refractivity contribution in [3.05, 3.63) is 47.5 Å². The summed E-state index contributed by atoms with van der Waals surface area (Å²) in [6.45, 7) is 5.05. The molecule has 7 nitrogen and oxygen atoms in total. The third-order valence-corrected chi connectivity index (χ3v) is 6.74. The Morgan fingerprint density at radius 2 is 1.86 bits per heavy atom. The van der Waals surface area contributed by atoms with Crippen molar-refractivity contribution in [2.75, 3.05) is 57.5 Å². The Balaban J connectivity index is 1.51. The molecule has 2 heterocycles. The Morgan fingerprint density at radius 1 is 1.06 bits per heavy atom. The lowest BCUT2D eigenvalue weighted by molar-refractivity contribution is -0.116. The van der Waals surface area contributed by atoms with Gasteiger partial charge in [-0.25, -0.2) is 9.97 Å². The van der Waals surface area contributed by atoms with Gasteiger partial charge in [-0.05, 0) is 96.3 Å². The molecule has 1 aliphatic rings. The molecule has 0 saturated carbocycles. The Kier molecular flexibility index (Phi) is 9.50. The average molecular weight is 509 g/mol. The molecule has 192 valence electrons. The SMILES string of the molecule is CN(C)CCCNc1nc(-c2ccc(Cl)cc2NC(=O)CCCN2CCCCC2)nc2ccccc12. The van der Waals surface area contributed by atoms with Crippen LogP contribution in [0.4, 0.5) is 11.5 Å². The second-order valence-electron chi connectivity index (χ2n) is 9.74. The highest BCUT2D eigenvalue weighted by atomic mass is 35.5. The maximum atomic E-state index is 12.8. The number of aromatic nitrogens is 2. The molecule has 3 aromatic rings. The van der Waals surface area contributed by atoms with Gasteiger partial charge in [0.05, 0.1) is 11.2 Å². The number of piperidine rings is 1. The van der Waals surface area contributed by atoms with Crippen LogP contribution < -0.4 is 10.6 Å². The van der Waals surface area contributed by atoms with E-state index in [-0.39, 0.29) is 5.91 Å². The van der Waals surface area contributed by atoms with E-state index in [9.17, 15) is 4.79 Å². The molecule has 8 heteroatoms. The predicted molar refractivity (Wildman–Crippen MR) is 150 cm³/mol. The van der Waals surface area contributed by atoms with Gasteiger partial charge in [0.2, 0.25) is 5.91 Å². The van der Waals surface area contributed by atoms with E-state index in [1.807, 2.05) is 36.4 Å². The fourth-order valence-electron chi connectivity index (χ4n) is 4.61. The lowest BCUT2D eigenvalue weighted by Gasteiger charge is -2.26. The summed E-state index contributed by atoms with van der Waals surface area (Å²) in [5, 5.41) is 8.10. The summed E-state index contributed by atoms with van der Waals surface area (Å²) in [5.74, 6) is 1.34. The summed E-state index contributed by atoms with van der Waals surface area (Å²) < 4.78 is 0. The van der Waals surface area contributed by atoms with Gasteiger partial charge in [-0.2, -0.15) is 0 Å². The normalized spacial score (nSPS) is 14.3. The number of carbonyl (C=O) groups excluding carboxylic acids is 1. The van der Waals surface area contributed by atoms with Crippen molar-refractivity contribution >= 4 is 39.9 Å². The Hall–Kier alpha value is -2.74. The van der Waals surface area contributed by atoms with Crippen molar-refractivity contribution < 1.29 is 4.79 Å². The first-order valence-electron chi connectivity index (χ1n) is 13.0. The number of para-hydroxylation sites is 1. The van der Waals surface area contributed by atoms with Crippen molar-refractivity contribution in [1.29, 1.82) is 0 Å². The molecule has 0 atom stereocenters. The number of fused-ring (bicyclic) bond motifs is 1. The fraction of sp³-hybridized carbons (Fsp3) is 0.464. The first kappa shape index (κ1) is 26.3. The molecule has 1 saturated heterocycles. The number of benzene rings is 2. The number of carbonyl (C=O) groups is 1. The van der Waals surface area contributed by atoms with Gasteiger partial charge in [-0.1, -0.05) is 30.2 Å². The number of nitrogens with zero attached hydrogens (tertiary/aromatic N) is 4. The Morgan fingerprint density at radius 3 is 2.67 bits per heavy atom. The first-order valence-corrected chi connectivity index (χ1v) is 13.3. The lowest BCUT2D eigenvalue weighted by Crippen LogP contribution is -2.31. The highest BCUT2D eigenvalue weighted by Gasteiger charge is 2.16. The van der Waals surface area contributed by atoms with Gasteiger partial charge in [0.25, 0.3) is 0 Å². The minimum atomic E-state index is -0.0154. The van der Waals surface area contributed by atoms with E-state index in [1.165, 1.54) is 19.3 Å². The van der Waals surface area contributed by atoms with E-state index < -0.39 is 0 Å². The van der Waals surface area contributed by atoms with Crippen molar-refractivity contribution in [3.63, 3.8) is 0 Å². The number of hydrogen-bond acceptors (Lipinski definition) is 6. The Labute approximate surface area is 219 Å². The number of halogens is 1. The minimum Gasteiger partial charge on any atom is -0.369 e. The summed E-state index contributed by atoms with van der Waals surface area (Å²) in [5.41, 5.74) is 2.25. The summed E-state index contributed by atoms with van der Waals surface area (Å²) in [7, 11) is 4.14. The van der Waals surface area contributed by atoms with Crippen LogP contribution in [0.2, 0.25) is 5.02 Å². The second kappa shape index (κ2) is 13.0. The highest BCUT2D eigenvalue weighted by molar-refractivity contribution is 6.31. The van der Waals surface area contributed by atoms with Crippen LogP contribution in [0.5, 0.6) is 0 Å². The molecule has 36 heavy (non-hydrogen) atoms. The molecule has 1 aliphatic heterocycles. The monoisotopic (exact) mass is 508 g/mol. The van der Waals surface area contributed by atoms with Crippen LogP contribution in [0.15, 0.2) is 42.5 Å². The number of hydrogen-bond donors (Lipinski definition) is 2. The first-order chi connectivity index (χ1) is 17.5. The zero-order valence-electron chi connectivity index (χ0n) is 21.4. The van der Waals surface area contributed by atoms with Crippen molar-refractivity contribution in [3.8, 4) is 11.4 Å². The van der Waals surface area contributed by atoms with E-state index in [1.54, 1.807) is 6.07 Å². The summed E-state index contributed by atoms with van der Waals surface area (Å²) in [6, 6.07) is 13.5. The molecule has 1 fully saturated rings. The molecular weight excluding hydrogens is 472 g/mol. The van der Waals surface area contributed by atoms with Gasteiger partial charge < -0.3 is 20.4 Å². The van der Waals surface area contributed by atoms with E-state index in [4.69, 9.17) is 21.6 Å².